The normalized spacial score (nSPS) is 12.0. The maximum absolute atomic E-state index is 11.6. The highest BCUT2D eigenvalue weighted by Gasteiger charge is 2.27. The molecule has 0 aliphatic rings. The van der Waals surface area contributed by atoms with Crippen LogP contribution >= 0.6 is 0 Å². The molecule has 0 radical (unpaired) electrons. The smallest absolute Gasteiger partial charge is 0.372 e. The number of carbonyl (C=O) groups excluding carboxylic acids is 1. The van der Waals surface area contributed by atoms with Crippen molar-refractivity contribution in [1.29, 1.82) is 0 Å². The summed E-state index contributed by atoms with van der Waals surface area (Å²) in [4.78, 5) is 16.2. The molecule has 104 valence electrons. The van der Waals surface area contributed by atoms with E-state index in [1.165, 1.54) is 6.92 Å². The van der Waals surface area contributed by atoms with Gasteiger partial charge in [0.05, 0.1) is 12.9 Å². The minimum absolute atomic E-state index is 0.0700. The number of rotatable bonds is 4. The van der Waals surface area contributed by atoms with Gasteiger partial charge in [-0.05, 0) is 5.56 Å². The maximum atomic E-state index is 11.6. The molecule has 7 heteroatoms. The zero-order valence-electron chi connectivity index (χ0n) is 10.7. The van der Waals surface area contributed by atoms with Crippen LogP contribution in [0.1, 0.15) is 12.5 Å². The third kappa shape index (κ3) is 4.36. The molecule has 0 aromatic heterocycles. The number of hydrogen-bond acceptors (Lipinski definition) is 6. The van der Waals surface area contributed by atoms with Gasteiger partial charge in [0.25, 0.3) is 5.04 Å². The van der Waals surface area contributed by atoms with Crippen LogP contribution in [0.3, 0.4) is 0 Å². The van der Waals surface area contributed by atoms with Gasteiger partial charge in [-0.3, -0.25) is 0 Å². The van der Waals surface area contributed by atoms with E-state index in [-0.39, 0.29) is 12.4 Å². The first-order valence-corrected chi connectivity index (χ1v) is 7.21. The summed E-state index contributed by atoms with van der Waals surface area (Å²) in [5.74, 6) is -1.29. The van der Waals surface area contributed by atoms with Crippen molar-refractivity contribution in [2.45, 2.75) is 13.5 Å². The summed E-state index contributed by atoms with van der Waals surface area (Å²) in [5.41, 5.74) is 0.810. The topological polar surface area (TPSA) is 82.0 Å². The number of ether oxygens (including phenoxy) is 1. The standard InChI is InChI=1S/C12H15NO5S/c1-3-19(15,16)11(12(14)17-2)13-18-9-10-7-5-4-6-8-10/h4-8H,3,9H2,1-2H3/b13-11+. The van der Waals surface area contributed by atoms with Gasteiger partial charge < -0.3 is 9.57 Å². The lowest BCUT2D eigenvalue weighted by atomic mass is 10.2. The molecule has 0 unspecified atom stereocenters. The molecular weight excluding hydrogens is 270 g/mol. The van der Waals surface area contributed by atoms with Crippen molar-refractivity contribution in [3.8, 4) is 0 Å². The van der Waals surface area contributed by atoms with E-state index in [0.29, 0.717) is 0 Å². The molecule has 0 saturated carbocycles. The summed E-state index contributed by atoms with van der Waals surface area (Å²) in [6.45, 7) is 1.48. The third-order valence-corrected chi connectivity index (χ3v) is 3.85. The zero-order chi connectivity index (χ0) is 14.3. The molecule has 0 spiro atoms. The summed E-state index contributed by atoms with van der Waals surface area (Å²) >= 11 is 0. The number of sulfone groups is 1. The summed E-state index contributed by atoms with van der Waals surface area (Å²) in [7, 11) is -2.69. The Hall–Kier alpha value is -1.89. The van der Waals surface area contributed by atoms with Crippen LogP contribution in [0.4, 0.5) is 0 Å². The van der Waals surface area contributed by atoms with Crippen molar-refractivity contribution in [3.63, 3.8) is 0 Å². The number of nitrogens with zero attached hydrogens (tertiary/aromatic N) is 1. The molecule has 0 amide bonds. The number of benzene rings is 1. The molecule has 0 aliphatic heterocycles. The first kappa shape index (κ1) is 15.2. The summed E-state index contributed by atoms with van der Waals surface area (Å²) < 4.78 is 27.6. The average molecular weight is 285 g/mol. The molecular formula is C12H15NO5S. The average Bonchev–Trinajstić information content (AvgIpc) is 2.43. The monoisotopic (exact) mass is 285 g/mol. The quantitative estimate of drug-likeness (QED) is 0.358. The van der Waals surface area contributed by atoms with Gasteiger partial charge >= 0.3 is 5.97 Å². The molecule has 0 fully saturated rings. The van der Waals surface area contributed by atoms with Gasteiger partial charge in [-0.2, -0.15) is 0 Å². The van der Waals surface area contributed by atoms with Crippen LogP contribution in [-0.4, -0.2) is 32.3 Å². The van der Waals surface area contributed by atoms with E-state index < -0.39 is 20.9 Å². The predicted octanol–water partition coefficient (Wildman–Crippen LogP) is 1.12. The van der Waals surface area contributed by atoms with Gasteiger partial charge in [0.15, 0.2) is 0 Å². The Morgan fingerprint density at radius 1 is 1.26 bits per heavy atom. The SMILES string of the molecule is CCS(=O)(=O)/C(=N/OCc1ccccc1)C(=O)OC. The van der Waals surface area contributed by atoms with Crippen molar-refractivity contribution in [3.05, 3.63) is 35.9 Å². The second kappa shape index (κ2) is 6.89. The van der Waals surface area contributed by atoms with Crippen molar-refractivity contribution >= 4 is 20.9 Å². The fraction of sp³-hybridized carbons (Fsp3) is 0.333. The van der Waals surface area contributed by atoms with Crippen LogP contribution in [0.25, 0.3) is 0 Å². The highest BCUT2D eigenvalue weighted by Crippen LogP contribution is 2.03. The van der Waals surface area contributed by atoms with E-state index in [9.17, 15) is 13.2 Å². The minimum Gasteiger partial charge on any atom is -0.464 e. The van der Waals surface area contributed by atoms with E-state index in [1.807, 2.05) is 18.2 Å². The lowest BCUT2D eigenvalue weighted by molar-refractivity contribution is -0.132. The van der Waals surface area contributed by atoms with Gasteiger partial charge in [-0.15, -0.1) is 0 Å². The number of oxime groups is 1. The van der Waals surface area contributed by atoms with Crippen LogP contribution in [0.5, 0.6) is 0 Å². The Labute approximate surface area is 111 Å². The highest BCUT2D eigenvalue weighted by atomic mass is 32.2. The Morgan fingerprint density at radius 3 is 2.42 bits per heavy atom. The first-order chi connectivity index (χ1) is 9.01. The number of esters is 1. The third-order valence-electron chi connectivity index (χ3n) is 2.26. The van der Waals surface area contributed by atoms with Crippen LogP contribution in [0.15, 0.2) is 35.5 Å². The molecule has 1 aromatic rings. The largest absolute Gasteiger partial charge is 0.464 e. The Balaban J connectivity index is 2.82. The molecule has 0 aliphatic carbocycles. The first-order valence-electron chi connectivity index (χ1n) is 5.56. The highest BCUT2D eigenvalue weighted by molar-refractivity contribution is 8.08. The van der Waals surface area contributed by atoms with E-state index in [4.69, 9.17) is 4.84 Å². The molecule has 0 saturated heterocycles. The fourth-order valence-corrected chi connectivity index (χ4v) is 1.96. The molecule has 0 atom stereocenters. The molecule has 0 heterocycles. The summed E-state index contributed by atoms with van der Waals surface area (Å²) in [6, 6.07) is 9.05. The van der Waals surface area contributed by atoms with E-state index in [0.717, 1.165) is 12.7 Å². The number of hydrogen-bond donors (Lipinski definition) is 0. The number of carbonyl (C=O) groups is 1. The van der Waals surface area contributed by atoms with E-state index in [1.54, 1.807) is 12.1 Å². The van der Waals surface area contributed by atoms with Crippen LogP contribution in [0, 0.1) is 0 Å². The van der Waals surface area contributed by atoms with Gasteiger partial charge in [0.2, 0.25) is 9.84 Å². The van der Waals surface area contributed by atoms with Gasteiger partial charge in [0.1, 0.15) is 6.61 Å². The van der Waals surface area contributed by atoms with Gasteiger partial charge in [0, 0.05) is 0 Å². The summed E-state index contributed by atoms with van der Waals surface area (Å²) in [5, 5.41) is 2.67. The van der Waals surface area contributed by atoms with Gasteiger partial charge in [-0.25, -0.2) is 13.2 Å². The van der Waals surface area contributed by atoms with E-state index >= 15 is 0 Å². The van der Waals surface area contributed by atoms with Crippen molar-refractivity contribution in [1.82, 2.24) is 0 Å². The van der Waals surface area contributed by atoms with Crippen molar-refractivity contribution in [2.24, 2.45) is 5.16 Å². The van der Waals surface area contributed by atoms with Crippen LogP contribution < -0.4 is 0 Å². The Morgan fingerprint density at radius 2 is 1.89 bits per heavy atom. The Bertz CT molecular complexity index is 551. The predicted molar refractivity (Wildman–Crippen MR) is 70.1 cm³/mol. The van der Waals surface area contributed by atoms with E-state index in [2.05, 4.69) is 9.89 Å². The van der Waals surface area contributed by atoms with Crippen molar-refractivity contribution in [2.75, 3.05) is 12.9 Å². The lowest BCUT2D eigenvalue weighted by Crippen LogP contribution is -2.27. The molecule has 1 aromatic carbocycles. The summed E-state index contributed by atoms with van der Waals surface area (Å²) in [6.07, 6.45) is 0. The maximum Gasteiger partial charge on any atom is 0.372 e. The molecule has 0 bridgehead atoms. The molecule has 0 N–H and O–H groups in total. The number of methoxy groups -OCH3 is 1. The molecule has 6 nitrogen and oxygen atoms in total. The second-order valence-electron chi connectivity index (χ2n) is 3.55. The van der Waals surface area contributed by atoms with Crippen LogP contribution in [-0.2, 0) is 30.8 Å². The second-order valence-corrected chi connectivity index (χ2v) is 5.74. The Kier molecular flexibility index (Phi) is 5.50. The molecule has 19 heavy (non-hydrogen) atoms. The minimum atomic E-state index is -3.78. The fourth-order valence-electron chi connectivity index (χ4n) is 1.18. The lowest BCUT2D eigenvalue weighted by Gasteiger charge is -2.04. The van der Waals surface area contributed by atoms with Crippen LogP contribution in [0.2, 0.25) is 0 Å². The molecule has 1 rings (SSSR count). The van der Waals surface area contributed by atoms with Gasteiger partial charge in [-0.1, -0.05) is 42.4 Å². The zero-order valence-corrected chi connectivity index (χ0v) is 11.5. The van der Waals surface area contributed by atoms with Crippen molar-refractivity contribution < 1.29 is 22.8 Å².